The molecule has 114 valence electrons. The van der Waals surface area contributed by atoms with Crippen LogP contribution in [0.4, 0.5) is 5.69 Å². The first kappa shape index (κ1) is 15.8. The molecule has 1 aromatic carbocycles. The Balaban J connectivity index is 2.17. The topological polar surface area (TPSA) is 81.9 Å². The molecule has 0 aliphatic carbocycles. The summed E-state index contributed by atoms with van der Waals surface area (Å²) in [5.41, 5.74) is 12.0. The summed E-state index contributed by atoms with van der Waals surface area (Å²) < 4.78 is 0. The van der Waals surface area contributed by atoms with Crippen LogP contribution in [-0.4, -0.2) is 18.9 Å². The normalized spacial score (nSPS) is 18.8. The summed E-state index contributed by atoms with van der Waals surface area (Å²) in [5.74, 6) is 0. The summed E-state index contributed by atoms with van der Waals surface area (Å²) in [6.07, 6.45) is 4.30. The van der Waals surface area contributed by atoms with Gasteiger partial charge in [-0.15, -0.1) is 0 Å². The van der Waals surface area contributed by atoms with E-state index in [1.54, 1.807) is 0 Å². The fourth-order valence-corrected chi connectivity index (χ4v) is 2.64. The van der Waals surface area contributed by atoms with Gasteiger partial charge in [0.2, 0.25) is 0 Å². The van der Waals surface area contributed by atoms with E-state index in [9.17, 15) is 4.91 Å². The number of aryl methyl sites for hydroxylation is 1. The molecule has 0 spiro atoms. The van der Waals surface area contributed by atoms with Crippen LogP contribution in [0.3, 0.4) is 0 Å². The maximum Gasteiger partial charge on any atom is 0.167 e. The van der Waals surface area contributed by atoms with E-state index in [0.29, 0.717) is 0 Å². The average Bonchev–Trinajstić information content (AvgIpc) is 2.50. The molecule has 0 amide bonds. The van der Waals surface area contributed by atoms with Gasteiger partial charge in [0, 0.05) is 23.8 Å². The molecule has 0 saturated carbocycles. The molecule has 0 radical (unpaired) electrons. The predicted molar refractivity (Wildman–Crippen MR) is 86.0 cm³/mol. The van der Waals surface area contributed by atoms with E-state index in [1.165, 1.54) is 18.4 Å². The maximum absolute atomic E-state index is 10.8. The lowest BCUT2D eigenvalue weighted by Crippen LogP contribution is -2.90. The highest BCUT2D eigenvalue weighted by molar-refractivity contribution is 5.66. The molecule has 0 fully saturated rings. The van der Waals surface area contributed by atoms with Crippen molar-refractivity contribution >= 4 is 11.8 Å². The molecule has 0 bridgehead atoms. The summed E-state index contributed by atoms with van der Waals surface area (Å²) in [6, 6.07) is 6.25. The van der Waals surface area contributed by atoms with Gasteiger partial charge in [0.15, 0.2) is 6.17 Å². The van der Waals surface area contributed by atoms with Gasteiger partial charge in [-0.1, -0.05) is 36.6 Å². The third-order valence-corrected chi connectivity index (χ3v) is 3.84. The van der Waals surface area contributed by atoms with Crippen molar-refractivity contribution in [3.63, 3.8) is 0 Å². The number of nitrogens with two attached hydrogens (primary N) is 1. The number of nitrogens with zero attached hydrogens (tertiary/aromatic N) is 1. The summed E-state index contributed by atoms with van der Waals surface area (Å²) in [6.45, 7) is 5.10. The minimum atomic E-state index is -1.04. The fraction of sp³-hybridized carbons (Fsp3) is 0.500. The Kier molecular flexibility index (Phi) is 5.61. The van der Waals surface area contributed by atoms with E-state index >= 15 is 0 Å². The van der Waals surface area contributed by atoms with E-state index in [0.717, 1.165) is 29.8 Å². The van der Waals surface area contributed by atoms with Gasteiger partial charge < -0.3 is 5.73 Å². The third kappa shape index (κ3) is 3.97. The number of nitrogens with one attached hydrogen (secondary N) is 2. The monoisotopic (exact) mass is 288 g/mol. The molecule has 1 aliphatic heterocycles. The zero-order valence-electron chi connectivity index (χ0n) is 12.7. The second-order valence-electron chi connectivity index (χ2n) is 5.59. The number of quaternary nitrogens is 1. The SMILES string of the molecule is CCCCCNC1[NH2+]c2ccc(C)cc2C=C1C([NH-])N=O. The number of hydrogen-bond acceptors (Lipinski definition) is 3. The summed E-state index contributed by atoms with van der Waals surface area (Å²) in [7, 11) is 0. The van der Waals surface area contributed by atoms with Crippen LogP contribution in [0, 0.1) is 11.8 Å². The molecule has 0 saturated heterocycles. The number of nitroso groups, excluding NO2 is 1. The predicted octanol–water partition coefficient (Wildman–Crippen LogP) is 2.84. The second kappa shape index (κ2) is 7.45. The van der Waals surface area contributed by atoms with Crippen LogP contribution < -0.4 is 10.6 Å². The van der Waals surface area contributed by atoms with Crippen LogP contribution in [-0.2, 0) is 0 Å². The maximum atomic E-state index is 10.8. The zero-order chi connectivity index (χ0) is 15.2. The van der Waals surface area contributed by atoms with E-state index in [-0.39, 0.29) is 6.17 Å². The molecule has 2 atom stereocenters. The Labute approximate surface area is 126 Å². The van der Waals surface area contributed by atoms with E-state index in [4.69, 9.17) is 5.73 Å². The number of fused-ring (bicyclic) bond motifs is 1. The van der Waals surface area contributed by atoms with Crippen LogP contribution >= 0.6 is 0 Å². The van der Waals surface area contributed by atoms with Gasteiger partial charge >= 0.3 is 0 Å². The molecule has 2 unspecified atom stereocenters. The third-order valence-electron chi connectivity index (χ3n) is 3.84. The standard InChI is InChI=1S/C16H23N4O/c1-3-4-5-8-18-16-13(15(17)20-21)10-12-9-11(2)6-7-14(12)19-16/h6-7,9-10,15-19H,3-5,8H2,1-2H3/q-1/p+1. The summed E-state index contributed by atoms with van der Waals surface area (Å²) in [4.78, 5) is 10.8. The summed E-state index contributed by atoms with van der Waals surface area (Å²) in [5, 5.41) is 8.42. The second-order valence-corrected chi connectivity index (χ2v) is 5.59. The molecule has 1 aromatic rings. The molecular formula is C16H24N4O. The highest BCUT2D eigenvalue weighted by atomic mass is 16.3. The highest BCUT2D eigenvalue weighted by Gasteiger charge is 2.26. The molecule has 2 rings (SSSR count). The van der Waals surface area contributed by atoms with Gasteiger partial charge in [0.25, 0.3) is 0 Å². The largest absolute Gasteiger partial charge is 0.649 e. The summed E-state index contributed by atoms with van der Waals surface area (Å²) >= 11 is 0. The number of hydrogen-bond donors (Lipinski definition) is 2. The van der Waals surface area contributed by atoms with E-state index in [1.807, 2.05) is 13.0 Å². The molecule has 1 aliphatic rings. The van der Waals surface area contributed by atoms with Crippen molar-refractivity contribution in [3.8, 4) is 0 Å². The molecule has 5 heteroatoms. The Morgan fingerprint density at radius 3 is 2.95 bits per heavy atom. The molecule has 4 N–H and O–H groups in total. The van der Waals surface area contributed by atoms with Crippen LogP contribution in [0.2, 0.25) is 0 Å². The van der Waals surface area contributed by atoms with Crippen LogP contribution in [0.1, 0.15) is 37.3 Å². The minimum absolute atomic E-state index is 0.0720. The first-order valence-corrected chi connectivity index (χ1v) is 7.59. The van der Waals surface area contributed by atoms with Gasteiger partial charge in [-0.05, 0) is 31.6 Å². The van der Waals surface area contributed by atoms with Crippen LogP contribution in [0.15, 0.2) is 28.9 Å². The quantitative estimate of drug-likeness (QED) is 0.459. The van der Waals surface area contributed by atoms with Gasteiger partial charge in [-0.25, -0.2) is 0 Å². The Bertz CT molecular complexity index is 527. The lowest BCUT2D eigenvalue weighted by atomic mass is 9.98. The van der Waals surface area contributed by atoms with Crippen LogP contribution in [0.5, 0.6) is 0 Å². The number of rotatable bonds is 7. The zero-order valence-corrected chi connectivity index (χ0v) is 12.7. The fourth-order valence-electron chi connectivity index (χ4n) is 2.64. The van der Waals surface area contributed by atoms with Gasteiger partial charge in [0.05, 0.1) is 0 Å². The lowest BCUT2D eigenvalue weighted by molar-refractivity contribution is -0.609. The van der Waals surface area contributed by atoms with E-state index in [2.05, 4.69) is 40.9 Å². The first-order chi connectivity index (χ1) is 10.2. The Morgan fingerprint density at radius 2 is 2.24 bits per heavy atom. The average molecular weight is 288 g/mol. The molecule has 21 heavy (non-hydrogen) atoms. The minimum Gasteiger partial charge on any atom is -0.649 e. The van der Waals surface area contributed by atoms with Gasteiger partial charge in [-0.3, -0.25) is 10.6 Å². The molecule has 0 aromatic heterocycles. The molecular weight excluding hydrogens is 264 g/mol. The van der Waals surface area contributed by atoms with Gasteiger partial charge in [-0.2, -0.15) is 4.91 Å². The number of benzene rings is 1. The van der Waals surface area contributed by atoms with E-state index < -0.39 is 6.17 Å². The molecule has 5 nitrogen and oxygen atoms in total. The van der Waals surface area contributed by atoms with Crippen molar-refractivity contribution in [2.75, 3.05) is 6.54 Å². The smallest absolute Gasteiger partial charge is 0.167 e. The first-order valence-electron chi connectivity index (χ1n) is 7.59. The van der Waals surface area contributed by atoms with Gasteiger partial charge in [0.1, 0.15) is 5.69 Å². The van der Waals surface area contributed by atoms with Crippen molar-refractivity contribution in [2.24, 2.45) is 5.18 Å². The number of unbranched alkanes of at least 4 members (excludes halogenated alkanes) is 2. The molecule has 1 heterocycles. The van der Waals surface area contributed by atoms with Crippen molar-refractivity contribution < 1.29 is 5.32 Å². The lowest BCUT2D eigenvalue weighted by Gasteiger charge is -2.29. The van der Waals surface area contributed by atoms with Crippen molar-refractivity contribution in [2.45, 2.75) is 45.4 Å². The Hall–Kier alpha value is -1.56. The van der Waals surface area contributed by atoms with Crippen LogP contribution in [0.25, 0.3) is 11.8 Å². The Morgan fingerprint density at radius 1 is 1.43 bits per heavy atom. The highest BCUT2D eigenvalue weighted by Crippen LogP contribution is 2.24. The van der Waals surface area contributed by atoms with Crippen molar-refractivity contribution in [3.05, 3.63) is 45.5 Å². The van der Waals surface area contributed by atoms with Crippen molar-refractivity contribution in [1.29, 1.82) is 0 Å². The van der Waals surface area contributed by atoms with Crippen molar-refractivity contribution in [1.82, 2.24) is 5.32 Å².